The average Bonchev–Trinajstić information content (AvgIpc) is 3.57. The molecule has 1 aliphatic carbocycles. The third kappa shape index (κ3) is 4.23. The number of ether oxygens (including phenoxy) is 1. The van der Waals surface area contributed by atoms with Crippen LogP contribution in [-0.4, -0.2) is 47.1 Å². The third-order valence-corrected chi connectivity index (χ3v) is 8.48. The zero-order chi connectivity index (χ0) is 24.0. The van der Waals surface area contributed by atoms with Gasteiger partial charge in [0.2, 0.25) is 11.7 Å². The van der Waals surface area contributed by atoms with Crippen LogP contribution in [0.15, 0.2) is 29.5 Å². The molecule has 3 aromatic rings. The summed E-state index contributed by atoms with van der Waals surface area (Å²) in [5, 5.41) is 3.18. The molecule has 1 saturated heterocycles. The summed E-state index contributed by atoms with van der Waals surface area (Å²) in [6.45, 7) is 3.77. The summed E-state index contributed by atoms with van der Waals surface area (Å²) in [5.74, 6) is 0.267. The normalized spacial score (nSPS) is 22.6. The lowest BCUT2D eigenvalue weighted by atomic mass is 9.97. The fourth-order valence-corrected chi connectivity index (χ4v) is 6.62. The van der Waals surface area contributed by atoms with E-state index in [1.165, 1.54) is 29.7 Å². The Morgan fingerprint density at radius 2 is 1.97 bits per heavy atom. The first-order valence-corrected chi connectivity index (χ1v) is 13.3. The van der Waals surface area contributed by atoms with E-state index in [-0.39, 0.29) is 5.96 Å². The van der Waals surface area contributed by atoms with Crippen molar-refractivity contribution in [3.05, 3.63) is 45.6 Å². The number of halogens is 1. The molecular formula is C24H29ClN8OS. The van der Waals surface area contributed by atoms with E-state index in [1.54, 1.807) is 28.7 Å². The first kappa shape index (κ1) is 22.9. The molecular weight excluding hydrogens is 484 g/mol. The van der Waals surface area contributed by atoms with Gasteiger partial charge in [0.1, 0.15) is 23.5 Å². The average molecular weight is 513 g/mol. The Morgan fingerprint density at radius 1 is 1.14 bits per heavy atom. The van der Waals surface area contributed by atoms with Crippen LogP contribution in [0.25, 0.3) is 10.2 Å². The number of aryl methyl sites for hydroxylation is 2. The summed E-state index contributed by atoms with van der Waals surface area (Å²) < 4.78 is 5.93. The first-order chi connectivity index (χ1) is 17.0. The molecule has 2 aromatic heterocycles. The van der Waals surface area contributed by atoms with Crippen LogP contribution in [0.3, 0.4) is 0 Å². The topological polar surface area (TPSA) is 118 Å². The van der Waals surface area contributed by atoms with Crippen LogP contribution < -0.4 is 26.6 Å². The van der Waals surface area contributed by atoms with Crippen molar-refractivity contribution in [1.82, 2.24) is 20.3 Å². The van der Waals surface area contributed by atoms with Crippen molar-refractivity contribution in [2.75, 3.05) is 31.3 Å². The number of aliphatic imine (C=N–C) groups is 1. The van der Waals surface area contributed by atoms with E-state index < -0.39 is 5.79 Å². The second-order valence-corrected chi connectivity index (χ2v) is 10.8. The summed E-state index contributed by atoms with van der Waals surface area (Å²) in [6, 6.07) is 5.48. The van der Waals surface area contributed by atoms with Gasteiger partial charge in [-0.25, -0.2) is 20.0 Å². The van der Waals surface area contributed by atoms with Crippen LogP contribution in [0.2, 0.25) is 5.02 Å². The zero-order valence-electron chi connectivity index (χ0n) is 19.5. The van der Waals surface area contributed by atoms with E-state index in [2.05, 4.69) is 25.3 Å². The predicted molar refractivity (Wildman–Crippen MR) is 140 cm³/mol. The van der Waals surface area contributed by atoms with Gasteiger partial charge in [-0.2, -0.15) is 5.43 Å². The zero-order valence-corrected chi connectivity index (χ0v) is 21.0. The molecule has 0 saturated carbocycles. The number of nitrogens with zero attached hydrogens (tertiary/aromatic N) is 5. The number of fused-ring (bicyclic) bond motifs is 3. The minimum Gasteiger partial charge on any atom is -0.491 e. The van der Waals surface area contributed by atoms with Gasteiger partial charge in [0, 0.05) is 17.0 Å². The van der Waals surface area contributed by atoms with Crippen LogP contribution >= 0.6 is 22.9 Å². The van der Waals surface area contributed by atoms with E-state index in [0.29, 0.717) is 28.8 Å². The van der Waals surface area contributed by atoms with Crippen LogP contribution in [0, 0.1) is 0 Å². The van der Waals surface area contributed by atoms with Gasteiger partial charge < -0.3 is 10.5 Å². The molecule has 9 nitrogen and oxygen atoms in total. The number of hydrogen-bond acceptors (Lipinski definition) is 10. The fraction of sp³-hybridized carbons (Fsp3) is 0.458. The molecule has 0 spiro atoms. The van der Waals surface area contributed by atoms with Gasteiger partial charge in [0.05, 0.1) is 10.4 Å². The SMILES string of the molecule is NC1=NC(N)(c2ccc(OCCN3CCCC3)c(Cl)c2)NN1c1ncnc2sc3c(c12)CCCC3. The Morgan fingerprint density at radius 3 is 2.80 bits per heavy atom. The Balaban J connectivity index is 1.23. The van der Waals surface area contributed by atoms with E-state index >= 15 is 0 Å². The Bertz CT molecular complexity index is 1290. The molecule has 2 aliphatic heterocycles. The maximum absolute atomic E-state index is 6.69. The van der Waals surface area contributed by atoms with Gasteiger partial charge >= 0.3 is 0 Å². The fourth-order valence-electron chi connectivity index (χ4n) is 5.16. The minimum atomic E-state index is -1.28. The van der Waals surface area contributed by atoms with Crippen molar-refractivity contribution >= 4 is 44.9 Å². The van der Waals surface area contributed by atoms with Crippen LogP contribution in [0.5, 0.6) is 5.75 Å². The molecule has 1 fully saturated rings. The number of nitrogens with one attached hydrogen (secondary N) is 1. The molecule has 11 heteroatoms. The number of thiophene rings is 1. The number of anilines is 1. The molecule has 6 rings (SSSR count). The van der Waals surface area contributed by atoms with Crippen molar-refractivity contribution in [1.29, 1.82) is 0 Å². The maximum Gasteiger partial charge on any atom is 0.215 e. The van der Waals surface area contributed by atoms with E-state index in [9.17, 15) is 0 Å². The number of guanidine groups is 1. The molecule has 3 aliphatic rings. The van der Waals surface area contributed by atoms with Crippen LogP contribution in [0.4, 0.5) is 5.82 Å². The Labute approximate surface area is 213 Å². The summed E-state index contributed by atoms with van der Waals surface area (Å²) in [6.07, 6.45) is 8.56. The van der Waals surface area contributed by atoms with Gasteiger partial charge in [-0.1, -0.05) is 11.6 Å². The lowest BCUT2D eigenvalue weighted by Gasteiger charge is -2.26. The standard InChI is InChI=1S/C24H29ClN8OS/c25-17-13-15(7-8-18(17)34-12-11-32-9-3-4-10-32)24(27)30-23(26)33(31-24)21-20-16-5-1-2-6-19(16)35-22(20)29-14-28-21/h7-8,13-14,31H,1-6,9-12,27H2,(H2,26,30). The molecule has 1 atom stereocenters. The van der Waals surface area contributed by atoms with Crippen LogP contribution in [-0.2, 0) is 18.6 Å². The second-order valence-electron chi connectivity index (χ2n) is 9.31. The Hall–Kier alpha value is -2.50. The summed E-state index contributed by atoms with van der Waals surface area (Å²) in [4.78, 5) is 18.4. The van der Waals surface area contributed by atoms with Gasteiger partial charge in [0.15, 0.2) is 5.82 Å². The molecule has 5 N–H and O–H groups in total. The van der Waals surface area contributed by atoms with Gasteiger partial charge in [-0.15, -0.1) is 11.3 Å². The summed E-state index contributed by atoms with van der Waals surface area (Å²) >= 11 is 8.30. The molecule has 4 heterocycles. The van der Waals surface area contributed by atoms with Crippen molar-refractivity contribution in [3.8, 4) is 5.75 Å². The smallest absolute Gasteiger partial charge is 0.215 e. The van der Waals surface area contributed by atoms with Crippen LogP contribution in [0.1, 0.15) is 41.7 Å². The number of benzene rings is 1. The van der Waals surface area contributed by atoms with Crippen molar-refractivity contribution in [2.24, 2.45) is 16.5 Å². The highest BCUT2D eigenvalue weighted by Gasteiger charge is 2.39. The number of rotatable bonds is 6. The summed E-state index contributed by atoms with van der Waals surface area (Å²) in [5.41, 5.74) is 18.3. The molecule has 0 radical (unpaired) electrons. The Kier molecular flexibility index (Phi) is 6.01. The van der Waals surface area contributed by atoms with Crippen molar-refractivity contribution in [3.63, 3.8) is 0 Å². The number of hydrogen-bond donors (Lipinski definition) is 3. The van der Waals surface area contributed by atoms with E-state index in [0.717, 1.165) is 49.1 Å². The molecule has 1 unspecified atom stereocenters. The second kappa shape index (κ2) is 9.18. The molecule has 1 aromatic carbocycles. The molecule has 0 bridgehead atoms. The molecule has 35 heavy (non-hydrogen) atoms. The van der Waals surface area contributed by atoms with Gasteiger partial charge in [-0.3, -0.25) is 10.6 Å². The lowest BCUT2D eigenvalue weighted by Crippen LogP contribution is -2.53. The number of nitrogens with two attached hydrogens (primary N) is 2. The highest BCUT2D eigenvalue weighted by atomic mass is 35.5. The highest BCUT2D eigenvalue weighted by Crippen LogP contribution is 2.40. The number of likely N-dealkylation sites (tertiary alicyclic amines) is 1. The quantitative estimate of drug-likeness (QED) is 0.461. The number of hydrazine groups is 1. The third-order valence-electron chi connectivity index (χ3n) is 6.98. The minimum absolute atomic E-state index is 0.241. The van der Waals surface area contributed by atoms with E-state index in [4.69, 9.17) is 27.8 Å². The molecule has 0 amide bonds. The van der Waals surface area contributed by atoms with Gasteiger partial charge in [-0.05, 0) is 75.4 Å². The summed E-state index contributed by atoms with van der Waals surface area (Å²) in [7, 11) is 0. The van der Waals surface area contributed by atoms with E-state index in [1.807, 2.05) is 12.1 Å². The van der Waals surface area contributed by atoms with Gasteiger partial charge in [0.25, 0.3) is 0 Å². The van der Waals surface area contributed by atoms with Crippen molar-refractivity contribution < 1.29 is 4.74 Å². The lowest BCUT2D eigenvalue weighted by molar-refractivity contribution is 0.237. The monoisotopic (exact) mass is 512 g/mol. The highest BCUT2D eigenvalue weighted by molar-refractivity contribution is 7.19. The predicted octanol–water partition coefficient (Wildman–Crippen LogP) is 3.11. The maximum atomic E-state index is 6.69. The number of aromatic nitrogens is 2. The first-order valence-electron chi connectivity index (χ1n) is 12.1. The largest absolute Gasteiger partial charge is 0.491 e. The van der Waals surface area contributed by atoms with Crippen molar-refractivity contribution in [2.45, 2.75) is 44.3 Å². The molecule has 184 valence electrons.